The molecule has 0 aliphatic carbocycles. The number of anilines is 1. The number of hydrogen-bond acceptors (Lipinski definition) is 5. The van der Waals surface area contributed by atoms with Gasteiger partial charge in [0.1, 0.15) is 11.8 Å². The van der Waals surface area contributed by atoms with Crippen molar-refractivity contribution in [3.63, 3.8) is 0 Å². The fourth-order valence-electron chi connectivity index (χ4n) is 3.58. The first kappa shape index (κ1) is 19.9. The number of ether oxygens (including phenoxy) is 2. The summed E-state index contributed by atoms with van der Waals surface area (Å²) in [6.45, 7) is 4.12. The molecule has 1 atom stereocenters. The third kappa shape index (κ3) is 4.16. The molecule has 0 aromatic heterocycles. The summed E-state index contributed by atoms with van der Waals surface area (Å²) in [5.41, 5.74) is 3.31. The highest BCUT2D eigenvalue weighted by molar-refractivity contribution is 5.96. The van der Waals surface area contributed by atoms with Crippen LogP contribution < -0.4 is 9.64 Å². The Morgan fingerprint density at radius 3 is 2.71 bits per heavy atom. The Kier molecular flexibility index (Phi) is 6.30. The van der Waals surface area contributed by atoms with E-state index >= 15 is 0 Å². The minimum atomic E-state index is 0.00595. The molecule has 0 bridgehead atoms. The lowest BCUT2D eigenvalue weighted by Crippen LogP contribution is -2.55. The Balaban J connectivity index is 1.76. The van der Waals surface area contributed by atoms with Crippen LogP contribution in [0, 0.1) is 11.3 Å². The van der Waals surface area contributed by atoms with Gasteiger partial charge in [0.05, 0.1) is 31.5 Å². The molecule has 2 aromatic carbocycles. The van der Waals surface area contributed by atoms with E-state index in [4.69, 9.17) is 9.47 Å². The Hall–Kier alpha value is -2.88. The summed E-state index contributed by atoms with van der Waals surface area (Å²) in [4.78, 5) is 16.7. The molecule has 0 spiro atoms. The van der Waals surface area contributed by atoms with Crippen molar-refractivity contribution < 1.29 is 14.3 Å². The van der Waals surface area contributed by atoms with Gasteiger partial charge in [-0.05, 0) is 36.8 Å². The number of rotatable bonds is 6. The third-order valence-electron chi connectivity index (χ3n) is 5.06. The van der Waals surface area contributed by atoms with Crippen LogP contribution in [-0.2, 0) is 22.7 Å². The standard InChI is InChI=1S/C22H25N3O3/c1-16-12-25(20-7-5-4-6-18(20)11-23)22(26)14-24(16)13-17-8-9-21(28-3)19(10-17)15-27-2/h4-10,16H,12-15H2,1-3H3. The molecule has 0 radical (unpaired) electrons. The number of hydrogen-bond donors (Lipinski definition) is 0. The number of carbonyl (C=O) groups excluding carboxylic acids is 1. The van der Waals surface area contributed by atoms with E-state index in [1.165, 1.54) is 0 Å². The molecule has 3 rings (SSSR count). The molecule has 1 amide bonds. The Morgan fingerprint density at radius 1 is 1.21 bits per heavy atom. The van der Waals surface area contributed by atoms with Crippen molar-refractivity contribution in [3.8, 4) is 11.8 Å². The average Bonchev–Trinajstić information content (AvgIpc) is 2.71. The SMILES string of the molecule is COCc1cc(CN2CC(=O)N(c3ccccc3C#N)CC2C)ccc1OC. The molecule has 2 aromatic rings. The fraction of sp³-hybridized carbons (Fsp3) is 0.364. The second kappa shape index (κ2) is 8.87. The highest BCUT2D eigenvalue weighted by Crippen LogP contribution is 2.26. The predicted octanol–water partition coefficient (Wildman–Crippen LogP) is 2.95. The third-order valence-corrected chi connectivity index (χ3v) is 5.06. The summed E-state index contributed by atoms with van der Waals surface area (Å²) in [5, 5.41) is 9.34. The van der Waals surface area contributed by atoms with Gasteiger partial charge in [0.15, 0.2) is 0 Å². The zero-order valence-corrected chi connectivity index (χ0v) is 16.5. The number of methoxy groups -OCH3 is 2. The molecule has 0 saturated carbocycles. The van der Waals surface area contributed by atoms with Gasteiger partial charge < -0.3 is 14.4 Å². The normalized spacial score (nSPS) is 17.4. The first-order valence-corrected chi connectivity index (χ1v) is 9.25. The van der Waals surface area contributed by atoms with Crippen molar-refractivity contribution in [2.45, 2.75) is 26.1 Å². The largest absolute Gasteiger partial charge is 0.496 e. The number of nitrogens with zero attached hydrogens (tertiary/aromatic N) is 3. The Labute approximate surface area is 165 Å². The van der Waals surface area contributed by atoms with Crippen LogP contribution in [0.15, 0.2) is 42.5 Å². The molecular weight excluding hydrogens is 354 g/mol. The maximum Gasteiger partial charge on any atom is 0.241 e. The lowest BCUT2D eigenvalue weighted by Gasteiger charge is -2.39. The monoisotopic (exact) mass is 379 g/mol. The van der Waals surface area contributed by atoms with E-state index in [-0.39, 0.29) is 11.9 Å². The van der Waals surface area contributed by atoms with Crippen LogP contribution in [0.2, 0.25) is 0 Å². The van der Waals surface area contributed by atoms with Crippen LogP contribution in [0.25, 0.3) is 0 Å². The molecule has 1 fully saturated rings. The molecule has 1 unspecified atom stereocenters. The molecule has 1 heterocycles. The van der Waals surface area contributed by atoms with Crippen molar-refractivity contribution in [2.75, 3.05) is 32.2 Å². The summed E-state index contributed by atoms with van der Waals surface area (Å²) in [5.74, 6) is 0.805. The average molecular weight is 379 g/mol. The Morgan fingerprint density at radius 2 is 2.00 bits per heavy atom. The predicted molar refractivity (Wildman–Crippen MR) is 107 cm³/mol. The number of nitriles is 1. The van der Waals surface area contributed by atoms with Crippen LogP contribution >= 0.6 is 0 Å². The van der Waals surface area contributed by atoms with E-state index in [1.807, 2.05) is 30.3 Å². The van der Waals surface area contributed by atoms with Crippen LogP contribution in [0.3, 0.4) is 0 Å². The van der Waals surface area contributed by atoms with E-state index in [2.05, 4.69) is 24.0 Å². The van der Waals surface area contributed by atoms with Gasteiger partial charge in [-0.15, -0.1) is 0 Å². The highest BCUT2D eigenvalue weighted by Gasteiger charge is 2.31. The molecule has 146 valence electrons. The number of benzene rings is 2. The van der Waals surface area contributed by atoms with E-state index in [1.54, 1.807) is 25.2 Å². The maximum absolute atomic E-state index is 12.8. The highest BCUT2D eigenvalue weighted by atomic mass is 16.5. The van der Waals surface area contributed by atoms with Crippen molar-refractivity contribution in [2.24, 2.45) is 0 Å². The van der Waals surface area contributed by atoms with E-state index in [0.717, 1.165) is 16.9 Å². The minimum Gasteiger partial charge on any atom is -0.496 e. The zero-order valence-electron chi connectivity index (χ0n) is 16.5. The summed E-state index contributed by atoms with van der Waals surface area (Å²) >= 11 is 0. The molecule has 28 heavy (non-hydrogen) atoms. The van der Waals surface area contributed by atoms with Crippen LogP contribution in [0.1, 0.15) is 23.6 Å². The van der Waals surface area contributed by atoms with Gasteiger partial charge in [-0.25, -0.2) is 0 Å². The fourth-order valence-corrected chi connectivity index (χ4v) is 3.58. The number of para-hydroxylation sites is 1. The van der Waals surface area contributed by atoms with Crippen LogP contribution in [0.5, 0.6) is 5.75 Å². The summed E-state index contributed by atoms with van der Waals surface area (Å²) in [7, 11) is 3.30. The summed E-state index contributed by atoms with van der Waals surface area (Å²) in [6, 6.07) is 15.6. The number of piperazine rings is 1. The topological polar surface area (TPSA) is 65.8 Å². The molecule has 1 aliphatic rings. The van der Waals surface area contributed by atoms with Crippen LogP contribution in [0.4, 0.5) is 5.69 Å². The van der Waals surface area contributed by atoms with E-state index < -0.39 is 0 Å². The lowest BCUT2D eigenvalue weighted by atomic mass is 10.1. The summed E-state index contributed by atoms with van der Waals surface area (Å²) < 4.78 is 10.6. The minimum absolute atomic E-state index is 0.00595. The first-order valence-electron chi connectivity index (χ1n) is 9.25. The van der Waals surface area contributed by atoms with Crippen molar-refractivity contribution >= 4 is 11.6 Å². The van der Waals surface area contributed by atoms with Gasteiger partial charge in [0, 0.05) is 31.8 Å². The van der Waals surface area contributed by atoms with E-state index in [0.29, 0.717) is 37.5 Å². The van der Waals surface area contributed by atoms with Crippen molar-refractivity contribution in [1.82, 2.24) is 4.90 Å². The van der Waals surface area contributed by atoms with Gasteiger partial charge in [0.2, 0.25) is 5.91 Å². The molecule has 0 N–H and O–H groups in total. The molecule has 1 saturated heterocycles. The first-order chi connectivity index (χ1) is 13.6. The summed E-state index contributed by atoms with van der Waals surface area (Å²) in [6.07, 6.45) is 0. The molecule has 1 aliphatic heterocycles. The van der Waals surface area contributed by atoms with Crippen LogP contribution in [-0.4, -0.2) is 44.2 Å². The zero-order chi connectivity index (χ0) is 20.1. The lowest BCUT2D eigenvalue weighted by molar-refractivity contribution is -0.122. The Bertz CT molecular complexity index is 891. The molecule has 6 heteroatoms. The molecular formula is C22H25N3O3. The van der Waals surface area contributed by atoms with E-state index in [9.17, 15) is 10.1 Å². The van der Waals surface area contributed by atoms with Gasteiger partial charge in [-0.3, -0.25) is 9.69 Å². The smallest absolute Gasteiger partial charge is 0.241 e. The van der Waals surface area contributed by atoms with Gasteiger partial charge >= 0.3 is 0 Å². The molecule has 6 nitrogen and oxygen atoms in total. The van der Waals surface area contributed by atoms with Gasteiger partial charge in [-0.1, -0.05) is 18.2 Å². The second-order valence-corrected chi connectivity index (χ2v) is 6.97. The van der Waals surface area contributed by atoms with Crippen molar-refractivity contribution in [3.05, 3.63) is 59.2 Å². The number of carbonyl (C=O) groups is 1. The van der Waals surface area contributed by atoms with Gasteiger partial charge in [-0.2, -0.15) is 5.26 Å². The second-order valence-electron chi connectivity index (χ2n) is 6.97. The maximum atomic E-state index is 12.8. The quantitative estimate of drug-likeness (QED) is 0.772. The number of amides is 1. The van der Waals surface area contributed by atoms with Crippen molar-refractivity contribution in [1.29, 1.82) is 5.26 Å². The van der Waals surface area contributed by atoms with Gasteiger partial charge in [0.25, 0.3) is 0 Å².